The molecule has 1 aromatic carbocycles. The van der Waals surface area contributed by atoms with Crippen LogP contribution in [0.3, 0.4) is 0 Å². The van der Waals surface area contributed by atoms with Crippen LogP contribution >= 0.6 is 0 Å². The fourth-order valence-electron chi connectivity index (χ4n) is 2.84. The summed E-state index contributed by atoms with van der Waals surface area (Å²) in [5.41, 5.74) is -0.696. The van der Waals surface area contributed by atoms with Crippen LogP contribution in [0.25, 0.3) is 5.57 Å². The Morgan fingerprint density at radius 1 is 1.07 bits per heavy atom. The molecule has 0 atom stereocenters. The zero-order chi connectivity index (χ0) is 20.2. The number of rotatable bonds is 8. The van der Waals surface area contributed by atoms with Gasteiger partial charge in [0, 0.05) is 12.2 Å². The molecule has 0 amide bonds. The summed E-state index contributed by atoms with van der Waals surface area (Å²) in [5.74, 6) is 1.16. The van der Waals surface area contributed by atoms with E-state index in [1.54, 1.807) is 32.4 Å². The Hall–Kier alpha value is -1.57. The van der Waals surface area contributed by atoms with E-state index in [0.29, 0.717) is 42.3 Å². The predicted molar refractivity (Wildman–Crippen MR) is 105 cm³/mol. The second-order valence-electron chi connectivity index (χ2n) is 7.43. The van der Waals surface area contributed by atoms with Gasteiger partial charge in [-0.2, -0.15) is 0 Å². The molecular formula is C20H30BFO5. The van der Waals surface area contributed by atoms with Crippen LogP contribution in [0.15, 0.2) is 23.9 Å². The minimum Gasteiger partial charge on any atom is -0.497 e. The summed E-state index contributed by atoms with van der Waals surface area (Å²) < 4.78 is 43.6. The highest BCUT2D eigenvalue weighted by Crippen LogP contribution is 2.42. The molecule has 5 nitrogen and oxygen atoms in total. The van der Waals surface area contributed by atoms with Gasteiger partial charge in [0.15, 0.2) is 0 Å². The van der Waals surface area contributed by atoms with Crippen molar-refractivity contribution < 1.29 is 27.9 Å². The standard InChI is InChI=1S/C20H30BFO5/c1-8-25-12-11-15(16-13-14(23-6)9-10-17(16)24-7)18(22)21-26-19(2,3)20(4,5)27-21/h9-10,13H,8,11-12H2,1-7H3. The van der Waals surface area contributed by atoms with Gasteiger partial charge in [-0.05, 0) is 64.8 Å². The molecule has 1 heterocycles. The minimum absolute atomic E-state index is 0.354. The van der Waals surface area contributed by atoms with Gasteiger partial charge in [0.05, 0.1) is 32.0 Å². The van der Waals surface area contributed by atoms with Gasteiger partial charge in [0.2, 0.25) is 0 Å². The predicted octanol–water partition coefficient (Wildman–Crippen LogP) is 4.44. The monoisotopic (exact) mass is 380 g/mol. The van der Waals surface area contributed by atoms with Crippen molar-refractivity contribution in [2.75, 3.05) is 27.4 Å². The summed E-state index contributed by atoms with van der Waals surface area (Å²) in [6, 6.07) is 5.28. The van der Waals surface area contributed by atoms with Crippen molar-refractivity contribution in [2.24, 2.45) is 0 Å². The van der Waals surface area contributed by atoms with E-state index in [2.05, 4.69) is 0 Å². The van der Waals surface area contributed by atoms with Gasteiger partial charge in [-0.1, -0.05) is 0 Å². The van der Waals surface area contributed by atoms with Crippen molar-refractivity contribution in [2.45, 2.75) is 52.2 Å². The number of halogens is 1. The van der Waals surface area contributed by atoms with E-state index in [9.17, 15) is 0 Å². The van der Waals surface area contributed by atoms with Gasteiger partial charge < -0.3 is 23.5 Å². The summed E-state index contributed by atoms with van der Waals surface area (Å²) in [6.45, 7) is 10.4. The lowest BCUT2D eigenvalue weighted by Gasteiger charge is -2.32. The summed E-state index contributed by atoms with van der Waals surface area (Å²) in [6.07, 6.45) is 0.354. The summed E-state index contributed by atoms with van der Waals surface area (Å²) in [5, 5.41) is 0. The third kappa shape index (κ3) is 4.65. The molecule has 0 radical (unpaired) electrons. The number of benzene rings is 1. The Morgan fingerprint density at radius 3 is 2.22 bits per heavy atom. The van der Waals surface area contributed by atoms with Crippen LogP contribution < -0.4 is 9.47 Å². The number of hydrogen-bond acceptors (Lipinski definition) is 5. The van der Waals surface area contributed by atoms with Crippen molar-refractivity contribution >= 4 is 12.7 Å². The van der Waals surface area contributed by atoms with Crippen LogP contribution in [0.5, 0.6) is 11.5 Å². The third-order valence-corrected chi connectivity index (χ3v) is 5.18. The molecule has 1 aromatic rings. The SMILES string of the molecule is CCOCCC(=C(F)B1OC(C)(C)C(C)(C)O1)c1cc(OC)ccc1OC. The average Bonchev–Trinajstić information content (AvgIpc) is 2.85. The maximum Gasteiger partial charge on any atom is 0.525 e. The zero-order valence-electron chi connectivity index (χ0n) is 17.3. The molecule has 1 aliphatic rings. The molecule has 27 heavy (non-hydrogen) atoms. The Bertz CT molecular complexity index is 671. The first kappa shape index (κ1) is 21.7. The molecule has 0 spiro atoms. The first-order valence-electron chi connectivity index (χ1n) is 9.21. The quantitative estimate of drug-likeness (QED) is 0.493. The second kappa shape index (κ2) is 8.63. The van der Waals surface area contributed by atoms with E-state index in [4.69, 9.17) is 23.5 Å². The summed E-state index contributed by atoms with van der Waals surface area (Å²) in [4.78, 5) is 0. The first-order valence-corrected chi connectivity index (χ1v) is 9.21. The third-order valence-electron chi connectivity index (χ3n) is 5.18. The summed E-state index contributed by atoms with van der Waals surface area (Å²) >= 11 is 0. The average molecular weight is 380 g/mol. The second-order valence-corrected chi connectivity index (χ2v) is 7.43. The normalized spacial score (nSPS) is 19.0. The van der Waals surface area contributed by atoms with Gasteiger partial charge in [-0.3, -0.25) is 0 Å². The van der Waals surface area contributed by atoms with Crippen molar-refractivity contribution in [3.63, 3.8) is 0 Å². The van der Waals surface area contributed by atoms with Crippen molar-refractivity contribution in [3.05, 3.63) is 29.5 Å². The van der Waals surface area contributed by atoms with Gasteiger partial charge in [0.1, 0.15) is 17.2 Å². The largest absolute Gasteiger partial charge is 0.525 e. The van der Waals surface area contributed by atoms with E-state index in [-0.39, 0.29) is 0 Å². The Morgan fingerprint density at radius 2 is 1.70 bits per heavy atom. The molecule has 0 aromatic heterocycles. The maximum atomic E-state index is 15.6. The van der Waals surface area contributed by atoms with Crippen molar-refractivity contribution in [1.29, 1.82) is 0 Å². The van der Waals surface area contributed by atoms with Gasteiger partial charge in [-0.25, -0.2) is 4.39 Å². The molecule has 1 aliphatic heterocycles. The number of methoxy groups -OCH3 is 2. The molecule has 0 aliphatic carbocycles. The van der Waals surface area contributed by atoms with E-state index in [1.165, 1.54) is 0 Å². The lowest BCUT2D eigenvalue weighted by atomic mass is 9.81. The van der Waals surface area contributed by atoms with Crippen LogP contribution in [-0.2, 0) is 14.0 Å². The zero-order valence-corrected chi connectivity index (χ0v) is 17.3. The highest BCUT2D eigenvalue weighted by atomic mass is 19.1. The van der Waals surface area contributed by atoms with E-state index >= 15 is 4.39 Å². The Balaban J connectivity index is 2.50. The molecule has 0 unspecified atom stereocenters. The fourth-order valence-corrected chi connectivity index (χ4v) is 2.84. The van der Waals surface area contributed by atoms with Crippen LogP contribution in [0.2, 0.25) is 0 Å². The molecule has 0 N–H and O–H groups in total. The van der Waals surface area contributed by atoms with Crippen LogP contribution in [0, 0.1) is 0 Å². The van der Waals surface area contributed by atoms with Gasteiger partial charge in [0.25, 0.3) is 0 Å². The minimum atomic E-state index is -1.08. The van der Waals surface area contributed by atoms with E-state index in [0.717, 1.165) is 0 Å². The smallest absolute Gasteiger partial charge is 0.497 e. The van der Waals surface area contributed by atoms with Gasteiger partial charge in [-0.15, -0.1) is 0 Å². The molecule has 2 rings (SSSR count). The van der Waals surface area contributed by atoms with Crippen LogP contribution in [0.4, 0.5) is 4.39 Å². The first-order chi connectivity index (χ1) is 12.7. The topological polar surface area (TPSA) is 46.2 Å². The summed E-state index contributed by atoms with van der Waals surface area (Å²) in [7, 11) is 2.04. The lowest BCUT2D eigenvalue weighted by molar-refractivity contribution is 0.00578. The molecule has 0 bridgehead atoms. The number of hydrogen-bond donors (Lipinski definition) is 0. The molecular weight excluding hydrogens is 350 g/mol. The van der Waals surface area contributed by atoms with Gasteiger partial charge >= 0.3 is 7.12 Å². The van der Waals surface area contributed by atoms with Crippen LogP contribution in [0.1, 0.15) is 46.6 Å². The van der Waals surface area contributed by atoms with E-state index < -0.39 is 24.0 Å². The lowest BCUT2D eigenvalue weighted by Crippen LogP contribution is -2.41. The maximum absolute atomic E-state index is 15.6. The highest BCUT2D eigenvalue weighted by molar-refractivity contribution is 6.55. The molecule has 150 valence electrons. The molecule has 1 fully saturated rings. The van der Waals surface area contributed by atoms with Crippen molar-refractivity contribution in [1.82, 2.24) is 0 Å². The Kier molecular flexibility index (Phi) is 6.95. The van der Waals surface area contributed by atoms with Crippen LogP contribution in [-0.4, -0.2) is 45.8 Å². The fraction of sp³-hybridized carbons (Fsp3) is 0.600. The number of ether oxygens (including phenoxy) is 3. The Labute approximate surface area is 161 Å². The van der Waals surface area contributed by atoms with Crippen molar-refractivity contribution in [3.8, 4) is 11.5 Å². The molecule has 7 heteroatoms. The molecule has 0 saturated carbocycles. The van der Waals surface area contributed by atoms with E-state index in [1.807, 2.05) is 34.6 Å². The highest BCUT2D eigenvalue weighted by Gasteiger charge is 2.53. The molecule has 1 saturated heterocycles.